The minimum atomic E-state index is -0.754. The van der Waals surface area contributed by atoms with Gasteiger partial charge in [-0.15, -0.1) is 0 Å². The molecule has 1 aliphatic rings. The second kappa shape index (κ2) is 6.80. The zero-order valence-corrected chi connectivity index (χ0v) is 12.5. The number of benzene rings is 1. The molecule has 0 aliphatic heterocycles. The molecule has 1 aromatic carbocycles. The Morgan fingerprint density at radius 2 is 2.14 bits per heavy atom. The van der Waals surface area contributed by atoms with Crippen molar-refractivity contribution < 1.29 is 19.4 Å². The number of anilines is 1. The van der Waals surface area contributed by atoms with Crippen molar-refractivity contribution in [3.8, 4) is 0 Å². The van der Waals surface area contributed by atoms with Gasteiger partial charge < -0.3 is 15.2 Å². The molecule has 0 bridgehead atoms. The van der Waals surface area contributed by atoms with Gasteiger partial charge in [-0.2, -0.15) is 0 Å². The van der Waals surface area contributed by atoms with Crippen molar-refractivity contribution in [2.45, 2.75) is 31.7 Å². The van der Waals surface area contributed by atoms with Crippen molar-refractivity contribution in [2.24, 2.45) is 5.92 Å². The maximum absolute atomic E-state index is 11.5. The van der Waals surface area contributed by atoms with Crippen LogP contribution in [0.15, 0.2) is 18.2 Å². The van der Waals surface area contributed by atoms with Crippen LogP contribution in [0.4, 0.5) is 5.69 Å². The third-order valence-electron chi connectivity index (χ3n) is 3.77. The first kappa shape index (κ1) is 15.6. The summed E-state index contributed by atoms with van der Waals surface area (Å²) in [5.41, 5.74) is 1.05. The first-order valence-electron chi connectivity index (χ1n) is 6.88. The Hall–Kier alpha value is -1.75. The normalized spacial score (nSPS) is 21.6. The molecule has 1 fully saturated rings. The minimum Gasteiger partial charge on any atom is -0.481 e. The Morgan fingerprint density at radius 3 is 2.81 bits per heavy atom. The highest BCUT2D eigenvalue weighted by molar-refractivity contribution is 6.33. The number of nitrogens with one attached hydrogen (secondary N) is 1. The van der Waals surface area contributed by atoms with Gasteiger partial charge >= 0.3 is 11.9 Å². The summed E-state index contributed by atoms with van der Waals surface area (Å²) in [6.07, 6.45) is 3.03. The number of halogens is 1. The van der Waals surface area contributed by atoms with Crippen LogP contribution >= 0.6 is 11.6 Å². The molecule has 0 spiro atoms. The fourth-order valence-corrected chi connectivity index (χ4v) is 2.82. The largest absolute Gasteiger partial charge is 0.481 e. The van der Waals surface area contributed by atoms with Gasteiger partial charge in [0, 0.05) is 6.04 Å². The molecule has 0 amide bonds. The molecule has 6 heteroatoms. The van der Waals surface area contributed by atoms with E-state index in [2.05, 4.69) is 10.1 Å². The Labute approximate surface area is 128 Å². The van der Waals surface area contributed by atoms with Gasteiger partial charge in [0.15, 0.2) is 0 Å². The highest BCUT2D eigenvalue weighted by Crippen LogP contribution is 2.30. The summed E-state index contributed by atoms with van der Waals surface area (Å²) >= 11 is 6.13. The molecule has 1 aliphatic carbocycles. The number of carbonyl (C=O) groups excluding carboxylic acids is 1. The van der Waals surface area contributed by atoms with E-state index in [1.54, 1.807) is 18.2 Å². The maximum Gasteiger partial charge on any atom is 0.337 e. The third kappa shape index (κ3) is 3.88. The molecule has 114 valence electrons. The monoisotopic (exact) mass is 311 g/mol. The molecule has 0 heterocycles. The van der Waals surface area contributed by atoms with Gasteiger partial charge in [-0.05, 0) is 37.5 Å². The number of ether oxygens (including phenoxy) is 1. The number of aliphatic carboxylic acids is 1. The molecule has 2 unspecified atom stereocenters. The summed E-state index contributed by atoms with van der Waals surface area (Å²) in [7, 11) is 1.32. The summed E-state index contributed by atoms with van der Waals surface area (Å²) in [6.45, 7) is 0. The van der Waals surface area contributed by atoms with Crippen molar-refractivity contribution in [1.29, 1.82) is 0 Å². The van der Waals surface area contributed by atoms with Crippen LogP contribution in [0.1, 0.15) is 36.0 Å². The number of rotatable bonds is 4. The van der Waals surface area contributed by atoms with Crippen molar-refractivity contribution >= 4 is 29.2 Å². The van der Waals surface area contributed by atoms with E-state index in [-0.39, 0.29) is 12.0 Å². The average Bonchev–Trinajstić information content (AvgIpc) is 2.49. The average molecular weight is 312 g/mol. The SMILES string of the molecule is COC(=O)c1ccc(Cl)c(NC2CCCC(C(=O)O)C2)c1. The topological polar surface area (TPSA) is 75.6 Å². The lowest BCUT2D eigenvalue weighted by Gasteiger charge is -2.28. The zero-order chi connectivity index (χ0) is 15.4. The summed E-state index contributed by atoms with van der Waals surface area (Å²) in [4.78, 5) is 22.6. The van der Waals surface area contributed by atoms with Crippen LogP contribution in [0, 0.1) is 5.92 Å². The van der Waals surface area contributed by atoms with Crippen LogP contribution in [0.5, 0.6) is 0 Å². The minimum absolute atomic E-state index is 0.0465. The van der Waals surface area contributed by atoms with E-state index in [9.17, 15) is 9.59 Å². The van der Waals surface area contributed by atoms with Gasteiger partial charge in [0.1, 0.15) is 0 Å². The van der Waals surface area contributed by atoms with Crippen molar-refractivity contribution in [3.05, 3.63) is 28.8 Å². The van der Waals surface area contributed by atoms with Crippen LogP contribution in [-0.2, 0) is 9.53 Å². The Balaban J connectivity index is 2.11. The van der Waals surface area contributed by atoms with Crippen LogP contribution < -0.4 is 5.32 Å². The highest BCUT2D eigenvalue weighted by Gasteiger charge is 2.27. The molecule has 0 aromatic heterocycles. The van der Waals surface area contributed by atoms with E-state index in [4.69, 9.17) is 16.7 Å². The molecule has 21 heavy (non-hydrogen) atoms. The van der Waals surface area contributed by atoms with E-state index in [1.165, 1.54) is 7.11 Å². The van der Waals surface area contributed by atoms with Gasteiger partial charge in [0.05, 0.1) is 29.3 Å². The number of hydrogen-bond donors (Lipinski definition) is 2. The van der Waals surface area contributed by atoms with Gasteiger partial charge in [-0.1, -0.05) is 18.0 Å². The molecule has 5 nitrogen and oxygen atoms in total. The lowest BCUT2D eigenvalue weighted by atomic mass is 9.85. The van der Waals surface area contributed by atoms with Crippen molar-refractivity contribution in [2.75, 3.05) is 12.4 Å². The summed E-state index contributed by atoms with van der Waals surface area (Å²) in [5, 5.41) is 12.9. The van der Waals surface area contributed by atoms with Crippen LogP contribution in [-0.4, -0.2) is 30.2 Å². The Morgan fingerprint density at radius 1 is 1.38 bits per heavy atom. The first-order valence-corrected chi connectivity index (χ1v) is 7.26. The van der Waals surface area contributed by atoms with E-state index >= 15 is 0 Å². The third-order valence-corrected chi connectivity index (χ3v) is 4.10. The standard InChI is InChI=1S/C15H18ClNO4/c1-21-15(20)10-5-6-12(16)13(8-10)17-11-4-2-3-9(7-11)14(18)19/h5-6,8-9,11,17H,2-4,7H2,1H3,(H,18,19). The number of methoxy groups -OCH3 is 1. The van der Waals surface area contributed by atoms with E-state index in [1.807, 2.05) is 0 Å². The maximum atomic E-state index is 11.5. The lowest BCUT2D eigenvalue weighted by Crippen LogP contribution is -2.31. The van der Waals surface area contributed by atoms with E-state index in [0.29, 0.717) is 29.1 Å². The second-order valence-corrected chi connectivity index (χ2v) is 5.64. The molecule has 0 saturated heterocycles. The second-order valence-electron chi connectivity index (χ2n) is 5.23. The fraction of sp³-hybridized carbons (Fsp3) is 0.467. The van der Waals surface area contributed by atoms with Crippen LogP contribution in [0.2, 0.25) is 5.02 Å². The molecular weight excluding hydrogens is 294 g/mol. The summed E-state index contributed by atoms with van der Waals surface area (Å²) < 4.78 is 4.68. The fourth-order valence-electron chi connectivity index (χ4n) is 2.65. The van der Waals surface area contributed by atoms with E-state index in [0.717, 1.165) is 12.8 Å². The molecule has 1 aromatic rings. The highest BCUT2D eigenvalue weighted by atomic mass is 35.5. The van der Waals surface area contributed by atoms with Crippen LogP contribution in [0.3, 0.4) is 0 Å². The molecule has 2 atom stereocenters. The Bertz CT molecular complexity index is 546. The Kier molecular flexibility index (Phi) is 5.07. The first-order chi connectivity index (χ1) is 10.0. The lowest BCUT2D eigenvalue weighted by molar-refractivity contribution is -0.142. The van der Waals surface area contributed by atoms with Gasteiger partial charge in [-0.25, -0.2) is 4.79 Å². The van der Waals surface area contributed by atoms with Gasteiger partial charge in [0.2, 0.25) is 0 Å². The van der Waals surface area contributed by atoms with Crippen molar-refractivity contribution in [1.82, 2.24) is 0 Å². The molecule has 1 saturated carbocycles. The molecule has 2 rings (SSSR count). The summed E-state index contributed by atoms with van der Waals surface area (Å²) in [6, 6.07) is 4.91. The quantitative estimate of drug-likeness (QED) is 0.835. The zero-order valence-electron chi connectivity index (χ0n) is 11.8. The number of carboxylic acids is 1. The predicted octanol–water partition coefficient (Wildman–Crippen LogP) is 3.18. The number of carboxylic acid groups (broad SMARTS) is 1. The summed E-state index contributed by atoms with van der Waals surface area (Å²) in [5.74, 6) is -1.50. The van der Waals surface area contributed by atoms with Crippen LogP contribution in [0.25, 0.3) is 0 Å². The van der Waals surface area contributed by atoms with Gasteiger partial charge in [-0.3, -0.25) is 4.79 Å². The number of carbonyl (C=O) groups is 2. The predicted molar refractivity (Wildman–Crippen MR) is 79.8 cm³/mol. The van der Waals surface area contributed by atoms with Crippen molar-refractivity contribution in [3.63, 3.8) is 0 Å². The molecule has 2 N–H and O–H groups in total. The molecular formula is C15H18ClNO4. The molecule has 0 radical (unpaired) electrons. The smallest absolute Gasteiger partial charge is 0.337 e. The van der Waals surface area contributed by atoms with E-state index < -0.39 is 11.9 Å². The van der Waals surface area contributed by atoms with Gasteiger partial charge in [0.25, 0.3) is 0 Å². The number of esters is 1. The number of hydrogen-bond acceptors (Lipinski definition) is 4.